The number of fused-ring (bicyclic) bond motifs is 22. The number of rotatable bonds is 19. The molecular formula is C120H171ClN8O19. The Labute approximate surface area is 884 Å². The largest absolute Gasteiger partial charge is 0.508 e. The van der Waals surface area contributed by atoms with Crippen LogP contribution in [-0.2, 0) is 78.2 Å². The lowest BCUT2D eigenvalue weighted by molar-refractivity contribution is -0.152. The van der Waals surface area contributed by atoms with Gasteiger partial charge >= 0.3 is 12.2 Å². The number of hydrogen-bond acceptors (Lipinski definition) is 20. The highest BCUT2D eigenvalue weighted by Crippen LogP contribution is 2.72. The van der Waals surface area contributed by atoms with E-state index in [2.05, 4.69) is 127 Å². The molecule has 16 atom stereocenters. The van der Waals surface area contributed by atoms with Gasteiger partial charge in [-0.3, -0.25) is 38.5 Å². The van der Waals surface area contributed by atoms with Crippen molar-refractivity contribution in [3.8, 4) is 0 Å². The van der Waals surface area contributed by atoms with Crippen molar-refractivity contribution in [2.24, 2.45) is 21.7 Å². The van der Waals surface area contributed by atoms with E-state index in [1.54, 1.807) is 31.7 Å². The number of aryl methyl sites for hydroxylation is 4. The molecule has 8 saturated heterocycles. The summed E-state index contributed by atoms with van der Waals surface area (Å²) in [6, 6.07) is 6.17. The molecule has 3 N–H and O–H groups in total. The highest BCUT2D eigenvalue weighted by Gasteiger charge is 2.74. The minimum Gasteiger partial charge on any atom is -0.464 e. The van der Waals surface area contributed by atoms with Gasteiger partial charge < -0.3 is 81.5 Å². The second kappa shape index (κ2) is 51.8. The van der Waals surface area contributed by atoms with Crippen molar-refractivity contribution in [3.63, 3.8) is 0 Å². The molecule has 812 valence electrons. The SMILES string of the molecule is C.C=C.C=CCCCC(=O)Cl.C=CCCCC(=O)N1[C@@H](CO)C[C@@]23C(=O)N4CCCC/C=C\CCc5cc(c(o5)[C@H]12)[C@@H]3CC4.C=CCCCC(=O)N1[C@H]2c3oc4cc3[C@@H]3CCN(CCCC/C=C\CC4)C(=O)[C@]23C[C@@H]1C=C.CC(C)(C)OC(=O)OC[C@H]1C[C@@]23C(=O)N4CCCC/C=C\CCc5cc(c(o5)C2N1C(=O)OC(C)(C)C)[C@@H]3CC4.CCOCC.O=C1N2CCCC/C=C\CCc3cc4c(o3)[C@@H]3N[C@@H](CO)C[C@@]13[C@H]4CC2. The first-order valence-corrected chi connectivity index (χ1v) is 55.8. The van der Waals surface area contributed by atoms with E-state index >= 15 is 0 Å². The first kappa shape index (κ1) is 115. The molecule has 21 aliphatic rings. The van der Waals surface area contributed by atoms with Crippen LogP contribution in [0.3, 0.4) is 0 Å². The zero-order chi connectivity index (χ0) is 105. The van der Waals surface area contributed by atoms with Gasteiger partial charge in [0.15, 0.2) is 0 Å². The van der Waals surface area contributed by atoms with E-state index in [0.717, 1.165) is 303 Å². The molecule has 24 bridgehead atoms. The lowest BCUT2D eigenvalue weighted by Gasteiger charge is -2.44. The maximum Gasteiger partial charge on any atom is 0.508 e. The standard InChI is InChI=1S/C31H44N2O7.C28H36N2O3.C27H36N2O4.C21H28N2O3.C6H9ClO.C4H10O.C2H4.CH4/c1-29(2,3)39-27(35)33-20(19-37-28(36)40-30(4,5)6)18-31-23-14-16-32(26(31)34)15-12-10-8-7-9-11-13-21-17-22(23)24(38-21)25(31)33;1-3-5-10-14-24(31)30-20(4-2)19-28-23-15-17-29(27(28)32)16-12-9-7-6-8-11-13-21-18-22(23)25(33-21)26(28)30;1-2-3-8-12-23(31)29-19(18-30)17-27-22-13-15-28(26(27)32)14-10-7-5-4-6-9-11-20-16-21(22)24(33-20)25(27)29;24-13-14-12-21-17-8-10-23(20(21)25)9-6-4-2-1-3-5-7-15-11-16(17)18(26-15)19(21)22-14;1-2-3-4-5-6(7)8;1-3-5-4-2;1-2;/h7,9,17,20,23,25H,8,10-16,18-19H2,1-6H3;3-4,6,8,18,20,23,26H,1-2,5,7,9-17,19H2;2,4,6,16,19,22,25,30H,1,3,5,7-15,17-18H2;1,3,11,14,17,19,22,24H,2,4-10,12-13H2;2H,1,3-5H2;3-4H2,1-2H3;1-2H2;1H4/b9-7-;8-6-;6-4-;3-1-;;;;/t20-,23+,25?,31+;20-,23-,26-,28-;19-,22+,25+,27+;14-,17+,19+,21+;;;;/m1011..../s1. The molecule has 4 spiro atoms. The fraction of sp³-hybridized carbons (Fsp3) is 0.642. The van der Waals surface area contributed by atoms with Crippen LogP contribution in [0.1, 0.15) is 391 Å². The highest BCUT2D eigenvalue weighted by molar-refractivity contribution is 6.63. The molecule has 4 aliphatic carbocycles. The van der Waals surface area contributed by atoms with E-state index in [4.69, 9.17) is 48.2 Å². The maximum atomic E-state index is 14.5. The summed E-state index contributed by atoms with van der Waals surface area (Å²) in [4.78, 5) is 133. The third kappa shape index (κ3) is 24.2. The lowest BCUT2D eigenvalue weighted by Crippen LogP contribution is -2.53. The normalized spacial score (nSPS) is 29.5. The number of nitrogens with zero attached hydrogens (tertiary/aromatic N) is 7. The molecule has 21 heterocycles. The van der Waals surface area contributed by atoms with Gasteiger partial charge in [0, 0.05) is 157 Å². The van der Waals surface area contributed by atoms with Crippen LogP contribution in [0, 0.1) is 21.7 Å². The second-order valence-electron chi connectivity index (χ2n) is 44.6. The summed E-state index contributed by atoms with van der Waals surface area (Å²) in [6.07, 6.45) is 55.5. The smallest absolute Gasteiger partial charge is 0.464 e. The van der Waals surface area contributed by atoms with Crippen molar-refractivity contribution in [2.45, 2.75) is 384 Å². The molecule has 27 nitrogen and oxygen atoms in total. The van der Waals surface area contributed by atoms with Crippen LogP contribution in [0.4, 0.5) is 9.59 Å². The zero-order valence-corrected chi connectivity index (χ0v) is 89.9. The molecule has 0 aromatic carbocycles. The second-order valence-corrected chi connectivity index (χ2v) is 45.0. The molecule has 17 aliphatic heterocycles. The minimum atomic E-state index is -0.887. The van der Waals surface area contributed by atoms with Gasteiger partial charge in [0.2, 0.25) is 40.7 Å². The molecule has 4 aromatic rings. The van der Waals surface area contributed by atoms with Crippen LogP contribution in [0.5, 0.6) is 0 Å². The molecule has 28 heteroatoms. The fourth-order valence-corrected chi connectivity index (χ4v) is 27.1. The first-order chi connectivity index (χ1) is 70.9. The molecule has 4 aromatic heterocycles. The number of ether oxygens (including phenoxy) is 4. The van der Waals surface area contributed by atoms with Crippen LogP contribution in [0.2, 0.25) is 0 Å². The Hall–Kier alpha value is -10.1. The van der Waals surface area contributed by atoms with Gasteiger partial charge in [-0.25, -0.2) is 9.59 Å². The number of unbranched alkanes of at least 4 members (excludes halogenated alkanes) is 3. The Kier molecular flexibility index (Phi) is 40.3. The Morgan fingerprint density at radius 2 is 0.797 bits per heavy atom. The number of likely N-dealkylation sites (tertiary alicyclic amines) is 3. The zero-order valence-electron chi connectivity index (χ0n) is 89.1. The number of aliphatic hydroxyl groups is 2. The molecule has 8 fully saturated rings. The summed E-state index contributed by atoms with van der Waals surface area (Å²) in [7, 11) is 0. The van der Waals surface area contributed by atoms with Crippen molar-refractivity contribution in [1.82, 2.24) is 39.6 Å². The van der Waals surface area contributed by atoms with Gasteiger partial charge in [-0.15, -0.1) is 39.5 Å². The van der Waals surface area contributed by atoms with Crippen molar-refractivity contribution in [2.75, 3.05) is 85.4 Å². The Bertz CT molecular complexity index is 5380. The third-order valence-corrected chi connectivity index (χ3v) is 33.2. The van der Waals surface area contributed by atoms with Gasteiger partial charge in [0.1, 0.15) is 82.0 Å². The molecule has 0 saturated carbocycles. The summed E-state index contributed by atoms with van der Waals surface area (Å²) in [6.45, 7) is 43.6. The van der Waals surface area contributed by atoms with E-state index in [1.165, 1.54) is 11.1 Å². The van der Waals surface area contributed by atoms with E-state index in [-0.39, 0.29) is 122 Å². The third-order valence-electron chi connectivity index (χ3n) is 33.0. The molecule has 148 heavy (non-hydrogen) atoms. The van der Waals surface area contributed by atoms with Crippen LogP contribution >= 0.6 is 11.6 Å². The van der Waals surface area contributed by atoms with Crippen molar-refractivity contribution in [1.29, 1.82) is 0 Å². The van der Waals surface area contributed by atoms with Gasteiger partial charge in [-0.1, -0.05) is 80.3 Å². The number of amides is 7. The summed E-state index contributed by atoms with van der Waals surface area (Å²) >= 11 is 5.04. The monoisotopic (exact) mass is 2060 g/mol. The van der Waals surface area contributed by atoms with E-state index < -0.39 is 63.2 Å². The number of furan rings is 4. The molecule has 7 amide bonds. The number of halogens is 1. The van der Waals surface area contributed by atoms with Crippen molar-refractivity contribution < 1.29 is 90.0 Å². The number of carbonyl (C=O) groups is 9. The average Bonchev–Trinajstić information content (AvgIpc) is 1.53. The summed E-state index contributed by atoms with van der Waals surface area (Å²) in [5, 5.41) is 23.3. The highest BCUT2D eigenvalue weighted by atomic mass is 35.5. The quantitative estimate of drug-likeness (QED) is 0.0340. The molecule has 0 radical (unpaired) electrons. The molecule has 1 unspecified atom stereocenters. The number of nitrogens with one attached hydrogen (secondary N) is 1. The van der Waals surface area contributed by atoms with Crippen LogP contribution in [0.15, 0.2) is 154 Å². The van der Waals surface area contributed by atoms with Crippen LogP contribution < -0.4 is 5.32 Å². The number of allylic oxidation sites excluding steroid dienone is 11. The van der Waals surface area contributed by atoms with Crippen molar-refractivity contribution in [3.05, 3.63) is 205 Å². The Morgan fingerprint density at radius 1 is 0.446 bits per heavy atom. The van der Waals surface area contributed by atoms with Gasteiger partial charge in [-0.05, 0) is 289 Å². The van der Waals surface area contributed by atoms with Crippen LogP contribution in [0.25, 0.3) is 0 Å². The maximum absolute atomic E-state index is 14.5. The minimum absolute atomic E-state index is 0. The first-order valence-electron chi connectivity index (χ1n) is 55.4. The number of carbonyl (C=O) groups excluding carboxylic acids is 9. The number of piperidine rings is 4. The molecular weight excluding hydrogens is 1890 g/mol. The summed E-state index contributed by atoms with van der Waals surface area (Å²) < 4.78 is 47.4. The van der Waals surface area contributed by atoms with Gasteiger partial charge in [0.25, 0.3) is 0 Å². The van der Waals surface area contributed by atoms with E-state index in [9.17, 15) is 53.4 Å². The summed E-state index contributed by atoms with van der Waals surface area (Å²) in [5.41, 5.74) is 0.473. The average molecular weight is 2070 g/mol. The Morgan fingerprint density at radius 3 is 1.17 bits per heavy atom. The molecule has 25 rings (SSSR count). The van der Waals surface area contributed by atoms with Crippen LogP contribution in [-0.4, -0.2) is 218 Å². The lowest BCUT2D eigenvalue weighted by atomic mass is 9.67. The van der Waals surface area contributed by atoms with Crippen molar-refractivity contribution >= 4 is 64.5 Å². The predicted octanol–water partition coefficient (Wildman–Crippen LogP) is 23.2. The number of hydrogen-bond donors (Lipinski definition) is 3. The Balaban J connectivity index is 0.000000158. The van der Waals surface area contributed by atoms with Gasteiger partial charge in [-0.2, -0.15) is 0 Å². The van der Waals surface area contributed by atoms with E-state index in [0.29, 0.717) is 57.4 Å². The topological polar surface area (TPSA) is 318 Å². The summed E-state index contributed by atoms with van der Waals surface area (Å²) in [5.74, 6) is 8.27. The van der Waals surface area contributed by atoms with Gasteiger partial charge in [0.05, 0.1) is 59.0 Å². The predicted molar refractivity (Wildman–Crippen MR) is 575 cm³/mol. The fourth-order valence-electron chi connectivity index (χ4n) is 27.0. The number of aliphatic hydroxyl groups excluding tert-OH is 2. The van der Waals surface area contributed by atoms with E-state index in [1.807, 2.05) is 72.4 Å².